The minimum atomic E-state index is -3.70. The van der Waals surface area contributed by atoms with Crippen LogP contribution in [0.15, 0.2) is 23.1 Å². The average Bonchev–Trinajstić information content (AvgIpc) is 2.72. The van der Waals surface area contributed by atoms with E-state index in [9.17, 15) is 8.42 Å². The number of sulfonamides is 1. The molecule has 1 saturated heterocycles. The Balaban J connectivity index is 2.26. The number of rotatable bonds is 3. The molecule has 0 radical (unpaired) electrons. The fourth-order valence-electron chi connectivity index (χ4n) is 1.71. The van der Waals surface area contributed by atoms with Gasteiger partial charge in [-0.15, -0.1) is 0 Å². The number of ether oxygens (including phenoxy) is 1. The fourth-order valence-corrected chi connectivity index (χ4v) is 2.25. The summed E-state index contributed by atoms with van der Waals surface area (Å²) in [6.07, 6.45) is 0.874. The Kier molecular flexibility index (Phi) is 3.23. The summed E-state index contributed by atoms with van der Waals surface area (Å²) in [6, 6.07) is 4.52. The molecule has 1 heterocycles. The van der Waals surface area contributed by atoms with Gasteiger partial charge in [-0.3, -0.25) is 0 Å². The van der Waals surface area contributed by atoms with Gasteiger partial charge in [0.25, 0.3) is 0 Å². The fraction of sp³-hybridized carbons (Fsp3) is 0.400. The molecule has 6 nitrogen and oxygen atoms in total. The minimum absolute atomic E-state index is 0.0492. The third-order valence-corrected chi connectivity index (χ3v) is 3.55. The first kappa shape index (κ1) is 12.2. The van der Waals surface area contributed by atoms with Gasteiger partial charge in [0.2, 0.25) is 10.0 Å². The average molecular weight is 257 g/mol. The predicted molar refractivity (Wildman–Crippen MR) is 65.1 cm³/mol. The monoisotopic (exact) mass is 257 g/mol. The number of nitrogens with two attached hydrogens (primary N) is 2. The summed E-state index contributed by atoms with van der Waals surface area (Å²) in [6.45, 7) is 1.30. The van der Waals surface area contributed by atoms with Crippen LogP contribution in [0.3, 0.4) is 0 Å². The normalized spacial score (nSPS) is 20.4. The van der Waals surface area contributed by atoms with Gasteiger partial charge in [0.15, 0.2) is 0 Å². The van der Waals surface area contributed by atoms with Crippen LogP contribution in [0.5, 0.6) is 0 Å². The van der Waals surface area contributed by atoms with E-state index in [2.05, 4.69) is 5.32 Å². The molecule has 1 fully saturated rings. The van der Waals surface area contributed by atoms with Crippen molar-refractivity contribution in [2.45, 2.75) is 17.4 Å². The van der Waals surface area contributed by atoms with Crippen molar-refractivity contribution in [1.82, 2.24) is 0 Å². The molecule has 1 aliphatic heterocycles. The van der Waals surface area contributed by atoms with Crippen LogP contribution >= 0.6 is 0 Å². The molecule has 0 saturated carbocycles. The largest absolute Gasteiger partial charge is 0.397 e. The molecule has 1 unspecified atom stereocenters. The van der Waals surface area contributed by atoms with Gasteiger partial charge < -0.3 is 15.8 Å². The second-order valence-corrected chi connectivity index (χ2v) is 5.56. The van der Waals surface area contributed by atoms with E-state index in [1.54, 1.807) is 0 Å². The van der Waals surface area contributed by atoms with E-state index in [1.165, 1.54) is 18.2 Å². The van der Waals surface area contributed by atoms with E-state index in [4.69, 9.17) is 15.6 Å². The first-order valence-corrected chi connectivity index (χ1v) is 6.78. The van der Waals surface area contributed by atoms with Crippen molar-refractivity contribution in [3.05, 3.63) is 18.2 Å². The third-order valence-electron chi connectivity index (χ3n) is 2.64. The van der Waals surface area contributed by atoms with E-state index in [0.717, 1.165) is 6.42 Å². The lowest BCUT2D eigenvalue weighted by Gasteiger charge is -2.15. The highest BCUT2D eigenvalue weighted by Crippen LogP contribution is 2.24. The second-order valence-electron chi connectivity index (χ2n) is 4.00. The van der Waals surface area contributed by atoms with E-state index in [-0.39, 0.29) is 10.9 Å². The molecule has 17 heavy (non-hydrogen) atoms. The van der Waals surface area contributed by atoms with Crippen molar-refractivity contribution in [2.24, 2.45) is 5.14 Å². The van der Waals surface area contributed by atoms with Crippen molar-refractivity contribution in [3.8, 4) is 0 Å². The van der Waals surface area contributed by atoms with Crippen LogP contribution in [0.4, 0.5) is 11.4 Å². The lowest BCUT2D eigenvalue weighted by Crippen LogP contribution is -2.20. The summed E-state index contributed by atoms with van der Waals surface area (Å²) in [4.78, 5) is 0.0492. The lowest BCUT2D eigenvalue weighted by molar-refractivity contribution is 0.195. The summed E-state index contributed by atoms with van der Waals surface area (Å²) in [5.74, 6) is 0. The van der Waals surface area contributed by atoms with Gasteiger partial charge in [0.05, 0.1) is 28.9 Å². The molecule has 0 amide bonds. The van der Waals surface area contributed by atoms with Crippen LogP contribution in [0.25, 0.3) is 0 Å². The smallest absolute Gasteiger partial charge is 0.238 e. The maximum atomic E-state index is 11.2. The molecule has 1 atom stereocenters. The second kappa shape index (κ2) is 4.52. The molecule has 0 spiro atoms. The summed E-state index contributed by atoms with van der Waals surface area (Å²) in [5.41, 5.74) is 6.84. The molecular weight excluding hydrogens is 242 g/mol. The Morgan fingerprint density at radius 3 is 2.76 bits per heavy atom. The number of benzene rings is 1. The highest BCUT2D eigenvalue weighted by atomic mass is 32.2. The van der Waals surface area contributed by atoms with Crippen LogP contribution in [-0.2, 0) is 14.8 Å². The zero-order valence-electron chi connectivity index (χ0n) is 9.22. The van der Waals surface area contributed by atoms with Gasteiger partial charge in [-0.05, 0) is 24.6 Å². The van der Waals surface area contributed by atoms with Crippen molar-refractivity contribution >= 4 is 21.4 Å². The van der Waals surface area contributed by atoms with Gasteiger partial charge in [-0.2, -0.15) is 0 Å². The maximum Gasteiger partial charge on any atom is 0.238 e. The van der Waals surface area contributed by atoms with E-state index in [1.807, 2.05) is 0 Å². The Morgan fingerprint density at radius 1 is 1.41 bits per heavy atom. The van der Waals surface area contributed by atoms with Crippen LogP contribution in [0.1, 0.15) is 6.42 Å². The van der Waals surface area contributed by atoms with Crippen LogP contribution in [-0.4, -0.2) is 27.7 Å². The van der Waals surface area contributed by atoms with Gasteiger partial charge in [-0.1, -0.05) is 0 Å². The summed E-state index contributed by atoms with van der Waals surface area (Å²) < 4.78 is 27.7. The number of anilines is 2. The molecule has 0 aromatic heterocycles. The van der Waals surface area contributed by atoms with Gasteiger partial charge in [0.1, 0.15) is 0 Å². The molecule has 0 bridgehead atoms. The Hall–Kier alpha value is -1.31. The van der Waals surface area contributed by atoms with Crippen LogP contribution in [0, 0.1) is 0 Å². The van der Waals surface area contributed by atoms with Crippen molar-refractivity contribution in [1.29, 1.82) is 0 Å². The SMILES string of the molecule is Nc1ccc(S(N)(=O)=O)cc1NC1CCOC1. The molecule has 1 aliphatic rings. The van der Waals surface area contributed by atoms with Gasteiger partial charge >= 0.3 is 0 Å². The van der Waals surface area contributed by atoms with Crippen LogP contribution in [0.2, 0.25) is 0 Å². The van der Waals surface area contributed by atoms with E-state index in [0.29, 0.717) is 24.6 Å². The predicted octanol–water partition coefficient (Wildman–Crippen LogP) is 0.117. The molecule has 7 heteroatoms. The molecule has 1 aromatic carbocycles. The van der Waals surface area contributed by atoms with E-state index >= 15 is 0 Å². The lowest BCUT2D eigenvalue weighted by atomic mass is 10.2. The van der Waals surface area contributed by atoms with Crippen molar-refractivity contribution in [2.75, 3.05) is 24.3 Å². The van der Waals surface area contributed by atoms with Crippen molar-refractivity contribution in [3.63, 3.8) is 0 Å². The van der Waals surface area contributed by atoms with Crippen LogP contribution < -0.4 is 16.2 Å². The first-order valence-electron chi connectivity index (χ1n) is 5.23. The third kappa shape index (κ3) is 2.87. The highest BCUT2D eigenvalue weighted by Gasteiger charge is 2.17. The molecule has 0 aliphatic carbocycles. The number of nitrogens with one attached hydrogen (secondary N) is 1. The first-order chi connectivity index (χ1) is 7.97. The number of nitrogen functional groups attached to an aromatic ring is 1. The van der Waals surface area contributed by atoms with E-state index < -0.39 is 10.0 Å². The quantitative estimate of drug-likeness (QED) is 0.666. The molecular formula is C10H15N3O3S. The molecule has 94 valence electrons. The molecule has 2 rings (SSSR count). The highest BCUT2D eigenvalue weighted by molar-refractivity contribution is 7.89. The van der Waals surface area contributed by atoms with Gasteiger partial charge in [0, 0.05) is 6.61 Å². The minimum Gasteiger partial charge on any atom is -0.397 e. The van der Waals surface area contributed by atoms with Gasteiger partial charge in [-0.25, -0.2) is 13.6 Å². The molecule has 1 aromatic rings. The number of primary sulfonamides is 1. The zero-order chi connectivity index (χ0) is 12.5. The Morgan fingerprint density at radius 2 is 2.18 bits per heavy atom. The number of hydrogen-bond donors (Lipinski definition) is 3. The maximum absolute atomic E-state index is 11.2. The summed E-state index contributed by atoms with van der Waals surface area (Å²) >= 11 is 0. The standard InChI is InChI=1S/C10H15N3O3S/c11-9-2-1-8(17(12,14)15)5-10(9)13-7-3-4-16-6-7/h1-2,5,7,13H,3-4,6,11H2,(H2,12,14,15). The molecule has 5 N–H and O–H groups in total. The Bertz CT molecular complexity index is 510. The zero-order valence-corrected chi connectivity index (χ0v) is 10.0. The van der Waals surface area contributed by atoms with Crippen molar-refractivity contribution < 1.29 is 13.2 Å². The topological polar surface area (TPSA) is 107 Å². The number of hydrogen-bond acceptors (Lipinski definition) is 5. The Labute approximate surface area is 100.0 Å². The summed E-state index contributed by atoms with van der Waals surface area (Å²) in [5, 5.41) is 8.21. The summed E-state index contributed by atoms with van der Waals surface area (Å²) in [7, 11) is -3.70.